The Kier molecular flexibility index (Phi) is 5.06. The van der Waals surface area contributed by atoms with Gasteiger partial charge < -0.3 is 0 Å². The molecule has 5 rings (SSSR count). The summed E-state index contributed by atoms with van der Waals surface area (Å²) in [6.45, 7) is 4.00. The SMILES string of the molecule is CC.c1ccc(-c2ccc3nnc(Cc4cccc5cnccc45)n3n2)cc1. The first-order valence-corrected chi connectivity index (χ1v) is 9.47. The van der Waals surface area contributed by atoms with E-state index in [4.69, 9.17) is 5.10 Å². The molecule has 0 fully saturated rings. The Morgan fingerprint density at radius 3 is 2.54 bits per heavy atom. The molecule has 28 heavy (non-hydrogen) atoms. The Labute approximate surface area is 163 Å². The van der Waals surface area contributed by atoms with Gasteiger partial charge in [0.05, 0.1) is 5.69 Å². The molecule has 5 heteroatoms. The quantitative estimate of drug-likeness (QED) is 0.452. The van der Waals surface area contributed by atoms with Gasteiger partial charge in [0, 0.05) is 29.8 Å². The topological polar surface area (TPSA) is 56.0 Å². The molecule has 2 aromatic carbocycles. The van der Waals surface area contributed by atoms with Crippen molar-refractivity contribution in [2.75, 3.05) is 0 Å². The van der Waals surface area contributed by atoms with Crippen LogP contribution < -0.4 is 0 Å². The zero-order valence-electron chi connectivity index (χ0n) is 15.9. The lowest BCUT2D eigenvalue weighted by atomic mass is 10.0. The first-order valence-electron chi connectivity index (χ1n) is 9.47. The summed E-state index contributed by atoms with van der Waals surface area (Å²) >= 11 is 0. The predicted molar refractivity (Wildman–Crippen MR) is 112 cm³/mol. The van der Waals surface area contributed by atoms with Crippen molar-refractivity contribution in [3.63, 3.8) is 0 Å². The van der Waals surface area contributed by atoms with Gasteiger partial charge in [-0.15, -0.1) is 10.2 Å². The molecule has 0 aliphatic rings. The van der Waals surface area contributed by atoms with Gasteiger partial charge in [-0.3, -0.25) is 4.98 Å². The third kappa shape index (κ3) is 3.34. The van der Waals surface area contributed by atoms with Crippen molar-refractivity contribution in [1.29, 1.82) is 0 Å². The van der Waals surface area contributed by atoms with Gasteiger partial charge >= 0.3 is 0 Å². The van der Waals surface area contributed by atoms with Gasteiger partial charge in [-0.05, 0) is 29.1 Å². The van der Waals surface area contributed by atoms with Crippen LogP contribution in [-0.4, -0.2) is 24.8 Å². The zero-order valence-corrected chi connectivity index (χ0v) is 15.9. The highest BCUT2D eigenvalue weighted by Gasteiger charge is 2.11. The first-order chi connectivity index (χ1) is 13.9. The molecule has 0 radical (unpaired) electrons. The Balaban J connectivity index is 0.000000932. The number of rotatable bonds is 3. The summed E-state index contributed by atoms with van der Waals surface area (Å²) in [7, 11) is 0. The van der Waals surface area contributed by atoms with Crippen molar-refractivity contribution < 1.29 is 0 Å². The number of fused-ring (bicyclic) bond motifs is 2. The molecule has 0 saturated heterocycles. The second-order valence-corrected chi connectivity index (χ2v) is 6.16. The van der Waals surface area contributed by atoms with E-state index in [1.165, 1.54) is 10.9 Å². The molecule has 0 bridgehead atoms. The third-order valence-electron chi connectivity index (χ3n) is 4.52. The number of pyridine rings is 1. The maximum absolute atomic E-state index is 4.76. The van der Waals surface area contributed by atoms with Crippen LogP contribution in [-0.2, 0) is 6.42 Å². The number of aromatic nitrogens is 5. The van der Waals surface area contributed by atoms with Crippen molar-refractivity contribution in [1.82, 2.24) is 24.8 Å². The van der Waals surface area contributed by atoms with Crippen LogP contribution >= 0.6 is 0 Å². The van der Waals surface area contributed by atoms with E-state index in [-0.39, 0.29) is 0 Å². The second kappa shape index (κ2) is 7.96. The smallest absolute Gasteiger partial charge is 0.177 e. The maximum Gasteiger partial charge on any atom is 0.177 e. The summed E-state index contributed by atoms with van der Waals surface area (Å²) in [4.78, 5) is 4.20. The lowest BCUT2D eigenvalue weighted by Crippen LogP contribution is -2.02. The molecule has 5 aromatic rings. The highest BCUT2D eigenvalue weighted by Crippen LogP contribution is 2.21. The van der Waals surface area contributed by atoms with Crippen LogP contribution in [0.3, 0.4) is 0 Å². The summed E-state index contributed by atoms with van der Waals surface area (Å²) in [6.07, 6.45) is 4.36. The van der Waals surface area contributed by atoms with E-state index in [0.29, 0.717) is 6.42 Å². The lowest BCUT2D eigenvalue weighted by Gasteiger charge is -2.06. The molecular weight excluding hydrogens is 346 g/mol. The number of hydrogen-bond acceptors (Lipinski definition) is 4. The molecule has 0 saturated carbocycles. The first kappa shape index (κ1) is 17.8. The van der Waals surface area contributed by atoms with Gasteiger partial charge in [0.2, 0.25) is 0 Å². The van der Waals surface area contributed by atoms with Crippen molar-refractivity contribution in [3.8, 4) is 11.3 Å². The summed E-state index contributed by atoms with van der Waals surface area (Å²) in [5.74, 6) is 0.821. The standard InChI is InChI=1S/C21H15N5.C2H6/c1-2-5-15(6-3-1)19-9-10-20-23-24-21(26(20)25-19)13-16-7-4-8-17-14-22-12-11-18(16)17;1-2/h1-12,14H,13H2;1-2H3. The predicted octanol–water partition coefficient (Wildman–Crippen LogP) is 4.96. The molecule has 5 nitrogen and oxygen atoms in total. The molecule has 0 N–H and O–H groups in total. The fourth-order valence-corrected chi connectivity index (χ4v) is 3.22. The van der Waals surface area contributed by atoms with Crippen molar-refractivity contribution in [2.24, 2.45) is 0 Å². The largest absolute Gasteiger partial charge is 0.264 e. The van der Waals surface area contributed by atoms with Crippen LogP contribution in [0.5, 0.6) is 0 Å². The highest BCUT2D eigenvalue weighted by atomic mass is 15.4. The molecule has 0 aliphatic heterocycles. The van der Waals surface area contributed by atoms with Crippen LogP contribution in [0.15, 0.2) is 79.1 Å². The second-order valence-electron chi connectivity index (χ2n) is 6.16. The maximum atomic E-state index is 4.76. The number of benzene rings is 2. The minimum absolute atomic E-state index is 0.660. The molecule has 0 spiro atoms. The molecule has 3 heterocycles. The molecule has 0 aliphatic carbocycles. The van der Waals surface area contributed by atoms with Crippen molar-refractivity contribution in [3.05, 3.63) is 90.5 Å². The van der Waals surface area contributed by atoms with Gasteiger partial charge in [-0.1, -0.05) is 62.4 Å². The Morgan fingerprint density at radius 1 is 0.821 bits per heavy atom. The van der Waals surface area contributed by atoms with E-state index < -0.39 is 0 Å². The molecular formula is C23H21N5. The van der Waals surface area contributed by atoms with Crippen LogP contribution in [0.1, 0.15) is 25.2 Å². The summed E-state index contributed by atoms with van der Waals surface area (Å²) in [6, 6.07) is 22.3. The number of nitrogens with zero attached hydrogens (tertiary/aromatic N) is 5. The van der Waals surface area contributed by atoms with E-state index in [2.05, 4.69) is 39.4 Å². The molecule has 0 amide bonds. The van der Waals surface area contributed by atoms with E-state index in [1.807, 2.05) is 73.2 Å². The van der Waals surface area contributed by atoms with Gasteiger partial charge in [0.1, 0.15) is 0 Å². The zero-order chi connectivity index (χ0) is 19.3. The average Bonchev–Trinajstić information content (AvgIpc) is 3.18. The normalized spacial score (nSPS) is 10.6. The molecule has 3 aromatic heterocycles. The van der Waals surface area contributed by atoms with Gasteiger partial charge in [0.25, 0.3) is 0 Å². The van der Waals surface area contributed by atoms with Gasteiger partial charge in [0.15, 0.2) is 11.5 Å². The summed E-state index contributed by atoms with van der Waals surface area (Å²) in [5, 5.41) is 15.7. The van der Waals surface area contributed by atoms with Crippen LogP contribution in [0.2, 0.25) is 0 Å². The van der Waals surface area contributed by atoms with E-state index in [9.17, 15) is 0 Å². The average molecular weight is 367 g/mol. The fraction of sp³-hybridized carbons (Fsp3) is 0.130. The Bertz CT molecular complexity index is 1210. The minimum Gasteiger partial charge on any atom is -0.264 e. The molecule has 0 unspecified atom stereocenters. The minimum atomic E-state index is 0.660. The third-order valence-corrected chi connectivity index (χ3v) is 4.52. The Hall–Kier alpha value is -3.60. The fourth-order valence-electron chi connectivity index (χ4n) is 3.22. The lowest BCUT2D eigenvalue weighted by molar-refractivity contribution is 0.844. The summed E-state index contributed by atoms with van der Waals surface area (Å²) < 4.78 is 1.84. The van der Waals surface area contributed by atoms with Crippen LogP contribution in [0.4, 0.5) is 0 Å². The van der Waals surface area contributed by atoms with Crippen molar-refractivity contribution >= 4 is 16.4 Å². The van der Waals surface area contributed by atoms with Crippen molar-refractivity contribution in [2.45, 2.75) is 20.3 Å². The van der Waals surface area contributed by atoms with E-state index >= 15 is 0 Å². The highest BCUT2D eigenvalue weighted by molar-refractivity contribution is 5.85. The van der Waals surface area contributed by atoms with E-state index in [1.54, 1.807) is 0 Å². The van der Waals surface area contributed by atoms with Crippen LogP contribution in [0, 0.1) is 0 Å². The Morgan fingerprint density at radius 2 is 1.68 bits per heavy atom. The van der Waals surface area contributed by atoms with E-state index in [0.717, 1.165) is 28.1 Å². The number of hydrogen-bond donors (Lipinski definition) is 0. The summed E-state index contributed by atoms with van der Waals surface area (Å²) in [5.41, 5.74) is 3.92. The monoisotopic (exact) mass is 367 g/mol. The van der Waals surface area contributed by atoms with Gasteiger partial charge in [-0.2, -0.15) is 9.61 Å². The molecule has 138 valence electrons. The van der Waals surface area contributed by atoms with Crippen LogP contribution in [0.25, 0.3) is 27.7 Å². The molecule has 0 atom stereocenters. The van der Waals surface area contributed by atoms with Gasteiger partial charge in [-0.25, -0.2) is 0 Å².